The molecule has 8 heteroatoms. The van der Waals surface area contributed by atoms with Crippen LogP contribution in [0.3, 0.4) is 0 Å². The van der Waals surface area contributed by atoms with Crippen molar-refractivity contribution in [3.8, 4) is 0 Å². The summed E-state index contributed by atoms with van der Waals surface area (Å²) in [6.45, 7) is 0.740. The van der Waals surface area contributed by atoms with Crippen molar-refractivity contribution in [2.75, 3.05) is 4.31 Å². The summed E-state index contributed by atoms with van der Waals surface area (Å²) in [4.78, 5) is 4.94. The van der Waals surface area contributed by atoms with Gasteiger partial charge in [0.05, 0.1) is 6.54 Å². The molecule has 0 amide bonds. The summed E-state index contributed by atoms with van der Waals surface area (Å²) in [5, 5.41) is 0. The second-order valence-corrected chi connectivity index (χ2v) is 10.0. The van der Waals surface area contributed by atoms with E-state index in [9.17, 15) is 8.42 Å². The van der Waals surface area contributed by atoms with Crippen LogP contribution >= 0.6 is 0 Å². The SMILES string of the molecule is NC1=NS(=O)(=O)N(Cc2ccccc2)c2nc(C3CCCCC3)n(Cc3ccccc3)c21. The molecule has 1 aliphatic heterocycles. The van der Waals surface area contributed by atoms with Crippen LogP contribution in [0.1, 0.15) is 60.7 Å². The molecule has 0 spiro atoms. The normalized spacial score (nSPS) is 18.2. The molecule has 32 heavy (non-hydrogen) atoms. The van der Waals surface area contributed by atoms with Gasteiger partial charge in [-0.25, -0.2) is 9.29 Å². The molecule has 0 unspecified atom stereocenters. The maximum Gasteiger partial charge on any atom is 0.348 e. The van der Waals surface area contributed by atoms with Gasteiger partial charge in [-0.3, -0.25) is 0 Å². The second-order valence-electron chi connectivity index (χ2n) is 8.50. The molecule has 5 rings (SSSR count). The summed E-state index contributed by atoms with van der Waals surface area (Å²) in [5.41, 5.74) is 8.84. The zero-order chi connectivity index (χ0) is 22.1. The monoisotopic (exact) mass is 449 g/mol. The lowest BCUT2D eigenvalue weighted by Gasteiger charge is -2.25. The van der Waals surface area contributed by atoms with Crippen LogP contribution < -0.4 is 10.0 Å². The summed E-state index contributed by atoms with van der Waals surface area (Å²) < 4.78 is 33.4. The van der Waals surface area contributed by atoms with Gasteiger partial charge in [0, 0.05) is 12.5 Å². The maximum atomic E-state index is 13.0. The molecule has 0 saturated heterocycles. The third kappa shape index (κ3) is 3.90. The Kier molecular flexibility index (Phi) is 5.46. The Hall–Kier alpha value is -3.13. The van der Waals surface area contributed by atoms with E-state index >= 15 is 0 Å². The molecule has 2 heterocycles. The van der Waals surface area contributed by atoms with Crippen LogP contribution in [-0.2, 0) is 23.3 Å². The van der Waals surface area contributed by atoms with Crippen LogP contribution in [0.5, 0.6) is 0 Å². The Labute approximate surface area is 188 Å². The van der Waals surface area contributed by atoms with Crippen molar-refractivity contribution in [3.05, 3.63) is 83.3 Å². The molecular weight excluding hydrogens is 422 g/mol. The van der Waals surface area contributed by atoms with Gasteiger partial charge < -0.3 is 10.3 Å². The van der Waals surface area contributed by atoms with E-state index in [2.05, 4.69) is 21.1 Å². The highest BCUT2D eigenvalue weighted by Crippen LogP contribution is 2.38. The largest absolute Gasteiger partial charge is 0.381 e. The number of amidine groups is 1. The average Bonchev–Trinajstić information content (AvgIpc) is 3.17. The van der Waals surface area contributed by atoms with Crippen LogP contribution in [0.15, 0.2) is 65.1 Å². The van der Waals surface area contributed by atoms with Gasteiger partial charge in [0.1, 0.15) is 11.5 Å². The molecule has 1 saturated carbocycles. The minimum Gasteiger partial charge on any atom is -0.381 e. The van der Waals surface area contributed by atoms with Gasteiger partial charge in [0.2, 0.25) is 0 Å². The van der Waals surface area contributed by atoms with Crippen molar-refractivity contribution in [2.24, 2.45) is 10.1 Å². The van der Waals surface area contributed by atoms with Crippen LogP contribution in [0.25, 0.3) is 0 Å². The van der Waals surface area contributed by atoms with Gasteiger partial charge in [-0.15, -0.1) is 4.40 Å². The molecule has 2 N–H and O–H groups in total. The van der Waals surface area contributed by atoms with Crippen LogP contribution in [0, 0.1) is 0 Å². The quantitative estimate of drug-likeness (QED) is 0.638. The zero-order valence-electron chi connectivity index (χ0n) is 17.9. The van der Waals surface area contributed by atoms with Crippen LogP contribution in [-0.4, -0.2) is 23.8 Å². The summed E-state index contributed by atoms with van der Waals surface area (Å²) in [7, 11) is -3.97. The molecule has 0 radical (unpaired) electrons. The minimum absolute atomic E-state index is 0.00908. The van der Waals surface area contributed by atoms with Gasteiger partial charge in [0.15, 0.2) is 11.7 Å². The molecule has 1 aromatic heterocycles. The highest BCUT2D eigenvalue weighted by molar-refractivity contribution is 7.91. The topological polar surface area (TPSA) is 93.6 Å². The van der Waals surface area contributed by atoms with E-state index in [4.69, 9.17) is 10.7 Å². The van der Waals surface area contributed by atoms with E-state index in [-0.39, 0.29) is 18.3 Å². The second kappa shape index (κ2) is 8.43. The Bertz CT molecular complexity index is 1230. The number of hydrogen-bond donors (Lipinski definition) is 1. The molecule has 0 bridgehead atoms. The van der Waals surface area contributed by atoms with E-state index in [0.717, 1.165) is 42.6 Å². The van der Waals surface area contributed by atoms with Crippen molar-refractivity contribution >= 4 is 21.9 Å². The van der Waals surface area contributed by atoms with Crippen molar-refractivity contribution < 1.29 is 8.42 Å². The summed E-state index contributed by atoms with van der Waals surface area (Å²) >= 11 is 0. The number of rotatable bonds is 5. The number of hydrogen-bond acceptors (Lipinski definition) is 4. The maximum absolute atomic E-state index is 13.0. The first kappa shape index (κ1) is 20.8. The number of imidazole rings is 1. The van der Waals surface area contributed by atoms with E-state index in [1.54, 1.807) is 0 Å². The highest BCUT2D eigenvalue weighted by Gasteiger charge is 2.37. The Balaban J connectivity index is 1.65. The Morgan fingerprint density at radius 1 is 0.875 bits per heavy atom. The lowest BCUT2D eigenvalue weighted by atomic mass is 9.88. The van der Waals surface area contributed by atoms with Crippen molar-refractivity contribution in [3.63, 3.8) is 0 Å². The third-order valence-electron chi connectivity index (χ3n) is 6.27. The van der Waals surface area contributed by atoms with Crippen molar-refractivity contribution in [1.82, 2.24) is 9.55 Å². The first-order valence-electron chi connectivity index (χ1n) is 11.1. The van der Waals surface area contributed by atoms with Gasteiger partial charge in [-0.1, -0.05) is 79.9 Å². The number of anilines is 1. The molecule has 2 aromatic carbocycles. The predicted octanol–water partition coefficient (Wildman–Crippen LogP) is 3.95. The zero-order valence-corrected chi connectivity index (χ0v) is 18.7. The molecule has 3 aromatic rings. The number of fused-ring (bicyclic) bond motifs is 1. The predicted molar refractivity (Wildman–Crippen MR) is 126 cm³/mol. The molecule has 7 nitrogen and oxygen atoms in total. The molecule has 1 aliphatic carbocycles. The fraction of sp³-hybridized carbons (Fsp3) is 0.333. The number of benzene rings is 2. The standard InChI is InChI=1S/C24H27N5O2S/c25-22-21-24(29(32(30,31)27-22)17-19-12-6-2-7-13-19)26-23(20-14-8-3-9-15-20)28(21)16-18-10-4-1-5-11-18/h1-2,4-7,10-13,20H,3,8-9,14-17H2,(H2,25,27). The molecule has 0 atom stereocenters. The van der Waals surface area contributed by atoms with Gasteiger partial charge >= 0.3 is 10.2 Å². The highest BCUT2D eigenvalue weighted by atomic mass is 32.2. The third-order valence-corrected chi connectivity index (χ3v) is 7.56. The van der Waals surface area contributed by atoms with E-state index in [1.165, 1.54) is 10.7 Å². The fourth-order valence-electron chi connectivity index (χ4n) is 4.71. The molecule has 1 fully saturated rings. The van der Waals surface area contributed by atoms with Gasteiger partial charge in [-0.05, 0) is 24.0 Å². The summed E-state index contributed by atoms with van der Waals surface area (Å²) in [6.07, 6.45) is 5.64. The van der Waals surface area contributed by atoms with E-state index in [0.29, 0.717) is 18.1 Å². The molecule has 166 valence electrons. The molecular formula is C24H27N5O2S. The molecule has 2 aliphatic rings. The van der Waals surface area contributed by atoms with E-state index in [1.807, 2.05) is 48.5 Å². The number of nitrogens with zero attached hydrogens (tertiary/aromatic N) is 4. The van der Waals surface area contributed by atoms with Crippen molar-refractivity contribution in [2.45, 2.75) is 51.1 Å². The van der Waals surface area contributed by atoms with Gasteiger partial charge in [-0.2, -0.15) is 8.42 Å². The van der Waals surface area contributed by atoms with Crippen LogP contribution in [0.4, 0.5) is 5.82 Å². The lowest BCUT2D eigenvalue weighted by molar-refractivity contribution is 0.418. The van der Waals surface area contributed by atoms with Crippen molar-refractivity contribution in [1.29, 1.82) is 0 Å². The fourth-order valence-corrected chi connectivity index (χ4v) is 5.81. The van der Waals surface area contributed by atoms with E-state index < -0.39 is 10.2 Å². The first-order chi connectivity index (χ1) is 15.5. The summed E-state index contributed by atoms with van der Waals surface area (Å²) in [5.74, 6) is 1.59. The van der Waals surface area contributed by atoms with Gasteiger partial charge in [0.25, 0.3) is 0 Å². The lowest BCUT2D eigenvalue weighted by Crippen LogP contribution is -2.37. The number of nitrogens with two attached hydrogens (primary N) is 1. The number of aromatic nitrogens is 2. The Morgan fingerprint density at radius 2 is 1.47 bits per heavy atom. The smallest absolute Gasteiger partial charge is 0.348 e. The average molecular weight is 450 g/mol. The van der Waals surface area contributed by atoms with Crippen LogP contribution in [0.2, 0.25) is 0 Å². The first-order valence-corrected chi connectivity index (χ1v) is 12.5. The summed E-state index contributed by atoms with van der Waals surface area (Å²) in [6, 6.07) is 19.6. The minimum atomic E-state index is -3.97. The Morgan fingerprint density at radius 3 is 2.09 bits per heavy atom.